The Labute approximate surface area is 153 Å². The van der Waals surface area contributed by atoms with E-state index in [0.29, 0.717) is 5.69 Å². The molecule has 1 atom stereocenters. The number of amides is 2. The Morgan fingerprint density at radius 3 is 2.46 bits per heavy atom. The lowest BCUT2D eigenvalue weighted by Crippen LogP contribution is -2.43. The van der Waals surface area contributed by atoms with Gasteiger partial charge in [-0.15, -0.1) is 0 Å². The number of anilines is 2. The van der Waals surface area contributed by atoms with Crippen LogP contribution in [0.2, 0.25) is 0 Å². The molecule has 144 valence electrons. The summed E-state index contributed by atoms with van der Waals surface area (Å²) < 4.78 is 30.2. The smallest absolute Gasteiger partial charge is 0.246 e. The molecule has 1 aliphatic rings. The van der Waals surface area contributed by atoms with E-state index in [1.165, 1.54) is 19.2 Å². The van der Waals surface area contributed by atoms with Gasteiger partial charge in [-0.3, -0.25) is 14.3 Å². The molecule has 0 spiro atoms. The van der Waals surface area contributed by atoms with Crippen LogP contribution in [0, 0.1) is 5.92 Å². The number of methoxy groups -OCH3 is 1. The van der Waals surface area contributed by atoms with Crippen LogP contribution in [0.1, 0.15) is 32.6 Å². The fourth-order valence-corrected chi connectivity index (χ4v) is 3.46. The first kappa shape index (κ1) is 20.0. The van der Waals surface area contributed by atoms with Crippen LogP contribution in [0.3, 0.4) is 0 Å². The first-order chi connectivity index (χ1) is 12.2. The third-order valence-electron chi connectivity index (χ3n) is 4.24. The summed E-state index contributed by atoms with van der Waals surface area (Å²) in [6.45, 7) is 1.62. The quantitative estimate of drug-likeness (QED) is 0.663. The summed E-state index contributed by atoms with van der Waals surface area (Å²) in [5.74, 6) is -0.180. The van der Waals surface area contributed by atoms with Gasteiger partial charge in [-0.05, 0) is 31.9 Å². The molecule has 26 heavy (non-hydrogen) atoms. The van der Waals surface area contributed by atoms with Crippen molar-refractivity contribution in [3.63, 3.8) is 0 Å². The van der Waals surface area contributed by atoms with Gasteiger partial charge in [0.05, 0.1) is 19.1 Å². The Bertz CT molecular complexity index is 773. The molecule has 0 bridgehead atoms. The van der Waals surface area contributed by atoms with Crippen LogP contribution in [0.15, 0.2) is 18.2 Å². The molecule has 2 amide bonds. The molecule has 1 aromatic carbocycles. The van der Waals surface area contributed by atoms with E-state index in [4.69, 9.17) is 4.74 Å². The standard InChI is InChI=1S/C17H25N3O5S/c1-11(18-17(22)12-6-4-5-7-12)16(21)19-13-8-9-14(15(10-13)25-2)20-26(3,23)24/h8-12,20H,4-7H2,1-3H3,(H,18,22)(H,19,21)/t11-/m1/s1. The van der Waals surface area contributed by atoms with Crippen LogP contribution in [-0.2, 0) is 19.6 Å². The predicted octanol–water partition coefficient (Wildman–Crippen LogP) is 1.70. The van der Waals surface area contributed by atoms with Crippen molar-refractivity contribution < 1.29 is 22.7 Å². The summed E-state index contributed by atoms with van der Waals surface area (Å²) in [5.41, 5.74) is 0.712. The minimum atomic E-state index is -3.45. The van der Waals surface area contributed by atoms with Crippen LogP contribution in [0.4, 0.5) is 11.4 Å². The zero-order valence-corrected chi connectivity index (χ0v) is 16.0. The fourth-order valence-electron chi connectivity index (χ4n) is 2.89. The Kier molecular flexibility index (Phi) is 6.47. The molecule has 3 N–H and O–H groups in total. The Hall–Kier alpha value is -2.29. The van der Waals surface area contributed by atoms with Crippen molar-refractivity contribution in [2.45, 2.75) is 38.6 Å². The van der Waals surface area contributed by atoms with E-state index in [1.54, 1.807) is 13.0 Å². The number of rotatable bonds is 7. The van der Waals surface area contributed by atoms with E-state index in [1.807, 2.05) is 0 Å². The van der Waals surface area contributed by atoms with E-state index in [2.05, 4.69) is 15.4 Å². The maximum Gasteiger partial charge on any atom is 0.246 e. The lowest BCUT2D eigenvalue weighted by Gasteiger charge is -2.17. The SMILES string of the molecule is COc1cc(NC(=O)[C@@H](C)NC(=O)C2CCCC2)ccc1NS(C)(=O)=O. The van der Waals surface area contributed by atoms with Crippen LogP contribution in [-0.4, -0.2) is 39.6 Å². The van der Waals surface area contributed by atoms with Crippen molar-refractivity contribution in [2.75, 3.05) is 23.4 Å². The summed E-state index contributed by atoms with van der Waals surface area (Å²) in [7, 11) is -2.04. The summed E-state index contributed by atoms with van der Waals surface area (Å²) in [6.07, 6.45) is 4.87. The lowest BCUT2D eigenvalue weighted by molar-refractivity contribution is -0.128. The van der Waals surface area contributed by atoms with Crippen LogP contribution < -0.4 is 20.1 Å². The van der Waals surface area contributed by atoms with Gasteiger partial charge in [-0.25, -0.2) is 8.42 Å². The highest BCUT2D eigenvalue weighted by molar-refractivity contribution is 7.92. The average molecular weight is 383 g/mol. The second-order valence-corrected chi connectivity index (χ2v) is 8.24. The minimum Gasteiger partial charge on any atom is -0.494 e. The molecule has 0 saturated heterocycles. The summed E-state index contributed by atoms with van der Waals surface area (Å²) in [6, 6.07) is 3.89. The van der Waals surface area contributed by atoms with Crippen molar-refractivity contribution in [2.24, 2.45) is 5.92 Å². The number of hydrogen-bond acceptors (Lipinski definition) is 5. The highest BCUT2D eigenvalue weighted by Gasteiger charge is 2.25. The first-order valence-corrected chi connectivity index (χ1v) is 10.4. The molecule has 0 unspecified atom stereocenters. The van der Waals surface area contributed by atoms with Crippen molar-refractivity contribution >= 4 is 33.2 Å². The number of hydrogen-bond donors (Lipinski definition) is 3. The number of ether oxygens (including phenoxy) is 1. The molecule has 0 heterocycles. The van der Waals surface area contributed by atoms with Gasteiger partial charge in [0.15, 0.2) is 0 Å². The number of nitrogens with one attached hydrogen (secondary N) is 3. The Morgan fingerprint density at radius 1 is 1.23 bits per heavy atom. The third kappa shape index (κ3) is 5.62. The van der Waals surface area contributed by atoms with Gasteiger partial charge in [-0.2, -0.15) is 0 Å². The van der Waals surface area contributed by atoms with Gasteiger partial charge >= 0.3 is 0 Å². The van der Waals surface area contributed by atoms with Crippen molar-refractivity contribution in [1.29, 1.82) is 0 Å². The van der Waals surface area contributed by atoms with E-state index in [0.717, 1.165) is 31.9 Å². The molecule has 9 heteroatoms. The predicted molar refractivity (Wildman–Crippen MR) is 99.7 cm³/mol. The molecular formula is C17H25N3O5S. The second kappa shape index (κ2) is 8.39. The summed E-state index contributed by atoms with van der Waals surface area (Å²) in [5, 5.41) is 5.43. The highest BCUT2D eigenvalue weighted by atomic mass is 32.2. The van der Waals surface area contributed by atoms with Gasteiger partial charge < -0.3 is 15.4 Å². The lowest BCUT2D eigenvalue weighted by atomic mass is 10.1. The molecule has 0 aliphatic heterocycles. The zero-order chi connectivity index (χ0) is 19.3. The van der Waals surface area contributed by atoms with Crippen molar-refractivity contribution in [1.82, 2.24) is 5.32 Å². The molecule has 1 saturated carbocycles. The molecule has 1 aliphatic carbocycles. The Morgan fingerprint density at radius 2 is 1.88 bits per heavy atom. The topological polar surface area (TPSA) is 114 Å². The average Bonchev–Trinajstić information content (AvgIpc) is 3.09. The largest absolute Gasteiger partial charge is 0.494 e. The second-order valence-electron chi connectivity index (χ2n) is 6.49. The summed E-state index contributed by atoms with van der Waals surface area (Å²) >= 11 is 0. The van der Waals surface area contributed by atoms with Gasteiger partial charge in [0.25, 0.3) is 0 Å². The van der Waals surface area contributed by atoms with Crippen molar-refractivity contribution in [3.8, 4) is 5.75 Å². The van der Waals surface area contributed by atoms with Gasteiger partial charge in [0.2, 0.25) is 21.8 Å². The van der Waals surface area contributed by atoms with Crippen LogP contribution >= 0.6 is 0 Å². The van der Waals surface area contributed by atoms with E-state index in [-0.39, 0.29) is 29.2 Å². The van der Waals surface area contributed by atoms with Gasteiger partial charge in [0.1, 0.15) is 11.8 Å². The van der Waals surface area contributed by atoms with Crippen LogP contribution in [0.5, 0.6) is 5.75 Å². The normalized spacial score (nSPS) is 16.0. The maximum atomic E-state index is 12.3. The molecule has 8 nitrogen and oxygen atoms in total. The number of benzene rings is 1. The molecule has 1 fully saturated rings. The number of sulfonamides is 1. The van der Waals surface area contributed by atoms with Crippen molar-refractivity contribution in [3.05, 3.63) is 18.2 Å². The molecule has 0 aromatic heterocycles. The third-order valence-corrected chi connectivity index (χ3v) is 4.83. The summed E-state index contributed by atoms with van der Waals surface area (Å²) in [4.78, 5) is 24.4. The van der Waals surface area contributed by atoms with E-state index < -0.39 is 16.1 Å². The monoisotopic (exact) mass is 383 g/mol. The highest BCUT2D eigenvalue weighted by Crippen LogP contribution is 2.29. The Balaban J connectivity index is 2.00. The molecule has 1 aromatic rings. The maximum absolute atomic E-state index is 12.3. The fraction of sp³-hybridized carbons (Fsp3) is 0.529. The molecule has 2 rings (SSSR count). The zero-order valence-electron chi connectivity index (χ0n) is 15.2. The van der Waals surface area contributed by atoms with E-state index >= 15 is 0 Å². The number of carbonyl (C=O) groups is 2. The van der Waals surface area contributed by atoms with Gasteiger partial charge in [0, 0.05) is 17.7 Å². The van der Waals surface area contributed by atoms with Gasteiger partial charge in [-0.1, -0.05) is 12.8 Å². The first-order valence-electron chi connectivity index (χ1n) is 8.46. The molecular weight excluding hydrogens is 358 g/mol. The molecule has 0 radical (unpaired) electrons. The number of carbonyl (C=O) groups excluding carboxylic acids is 2. The minimum absolute atomic E-state index is 0.00769. The van der Waals surface area contributed by atoms with E-state index in [9.17, 15) is 18.0 Å². The van der Waals surface area contributed by atoms with Crippen LogP contribution in [0.25, 0.3) is 0 Å².